The van der Waals surface area contributed by atoms with Crippen molar-refractivity contribution >= 4 is 15.9 Å². The Kier molecular flexibility index (Phi) is 4.72. The maximum Gasteiger partial charge on any atom is 0.417 e. The number of nitrogens with zero attached hydrogens (tertiary/aromatic N) is 1. The molecule has 0 atom stereocenters. The van der Waals surface area contributed by atoms with Crippen LogP contribution in [0.2, 0.25) is 0 Å². The Bertz CT molecular complexity index is 682. The highest BCUT2D eigenvalue weighted by atomic mass is 79.9. The molecule has 1 heterocycles. The highest BCUT2D eigenvalue weighted by Gasteiger charge is 2.30. The molecular formula is C14H11BrF3NO2. The van der Waals surface area contributed by atoms with Gasteiger partial charge in [0, 0.05) is 16.7 Å². The summed E-state index contributed by atoms with van der Waals surface area (Å²) < 4.78 is 45.0. The van der Waals surface area contributed by atoms with Crippen molar-refractivity contribution in [1.82, 2.24) is 4.57 Å². The van der Waals surface area contributed by atoms with Gasteiger partial charge in [-0.1, -0.05) is 22.0 Å². The first-order chi connectivity index (χ1) is 9.86. The van der Waals surface area contributed by atoms with Gasteiger partial charge in [0.15, 0.2) is 0 Å². The van der Waals surface area contributed by atoms with E-state index in [1.54, 1.807) is 18.2 Å². The summed E-state index contributed by atoms with van der Waals surface area (Å²) in [5.74, 6) is 0.574. The van der Waals surface area contributed by atoms with Gasteiger partial charge in [-0.15, -0.1) is 0 Å². The highest BCUT2D eigenvalue weighted by molar-refractivity contribution is 9.10. The molecular weight excluding hydrogens is 351 g/mol. The maximum absolute atomic E-state index is 12.6. The van der Waals surface area contributed by atoms with Gasteiger partial charge in [0.2, 0.25) is 0 Å². The summed E-state index contributed by atoms with van der Waals surface area (Å²) in [5.41, 5.74) is -1.36. The molecule has 7 heteroatoms. The third-order valence-electron chi connectivity index (χ3n) is 2.71. The molecule has 1 aromatic carbocycles. The second-order valence-electron chi connectivity index (χ2n) is 4.25. The predicted octanol–water partition coefficient (Wildman–Crippen LogP) is 3.71. The van der Waals surface area contributed by atoms with E-state index in [1.165, 1.54) is 0 Å². The van der Waals surface area contributed by atoms with Crippen LogP contribution in [0.25, 0.3) is 0 Å². The van der Waals surface area contributed by atoms with Gasteiger partial charge in [-0.25, -0.2) is 0 Å². The largest absolute Gasteiger partial charge is 0.492 e. The molecule has 0 radical (unpaired) electrons. The van der Waals surface area contributed by atoms with Crippen LogP contribution in [-0.4, -0.2) is 11.2 Å². The van der Waals surface area contributed by atoms with E-state index in [-0.39, 0.29) is 13.2 Å². The van der Waals surface area contributed by atoms with Crippen molar-refractivity contribution in [3.8, 4) is 5.75 Å². The SMILES string of the molecule is O=c1ccc(C(F)(F)F)cn1CCOc1cccc(Br)c1. The Balaban J connectivity index is 2.05. The molecule has 0 saturated carbocycles. The lowest BCUT2D eigenvalue weighted by atomic mass is 10.3. The smallest absolute Gasteiger partial charge is 0.417 e. The van der Waals surface area contributed by atoms with Gasteiger partial charge in [0.1, 0.15) is 12.4 Å². The molecule has 0 fully saturated rings. The molecule has 0 saturated heterocycles. The van der Waals surface area contributed by atoms with Crippen LogP contribution in [0.1, 0.15) is 5.56 Å². The van der Waals surface area contributed by atoms with Crippen LogP contribution in [-0.2, 0) is 12.7 Å². The predicted molar refractivity (Wildman–Crippen MR) is 75.3 cm³/mol. The summed E-state index contributed by atoms with van der Waals surface area (Å²) in [5, 5.41) is 0. The average molecular weight is 362 g/mol. The molecule has 1 aromatic heterocycles. The molecule has 0 amide bonds. The van der Waals surface area contributed by atoms with E-state index >= 15 is 0 Å². The van der Waals surface area contributed by atoms with Crippen molar-refractivity contribution in [1.29, 1.82) is 0 Å². The Morgan fingerprint density at radius 3 is 2.62 bits per heavy atom. The van der Waals surface area contributed by atoms with Crippen LogP contribution in [0, 0.1) is 0 Å². The van der Waals surface area contributed by atoms with Gasteiger partial charge in [-0.05, 0) is 24.3 Å². The number of halogens is 4. The van der Waals surface area contributed by atoms with E-state index in [9.17, 15) is 18.0 Å². The highest BCUT2D eigenvalue weighted by Crippen LogP contribution is 2.28. The van der Waals surface area contributed by atoms with Crippen LogP contribution < -0.4 is 10.3 Å². The molecule has 3 nitrogen and oxygen atoms in total. The van der Waals surface area contributed by atoms with Crippen LogP contribution >= 0.6 is 15.9 Å². The first-order valence-corrected chi connectivity index (χ1v) is 6.81. The van der Waals surface area contributed by atoms with Crippen molar-refractivity contribution in [2.75, 3.05) is 6.61 Å². The van der Waals surface area contributed by atoms with Crippen molar-refractivity contribution in [2.24, 2.45) is 0 Å². The van der Waals surface area contributed by atoms with Gasteiger partial charge in [0.05, 0.1) is 12.1 Å². The number of alkyl halides is 3. The molecule has 0 aliphatic carbocycles. The molecule has 0 unspecified atom stereocenters. The van der Waals surface area contributed by atoms with Gasteiger partial charge in [0.25, 0.3) is 5.56 Å². The zero-order chi connectivity index (χ0) is 15.5. The maximum atomic E-state index is 12.6. The lowest BCUT2D eigenvalue weighted by molar-refractivity contribution is -0.138. The number of benzene rings is 1. The van der Waals surface area contributed by atoms with E-state index in [0.29, 0.717) is 5.75 Å². The van der Waals surface area contributed by atoms with Gasteiger partial charge in [-0.3, -0.25) is 4.79 Å². The Hall–Kier alpha value is -1.76. The molecule has 0 aliphatic heterocycles. The summed E-state index contributed by atoms with van der Waals surface area (Å²) in [6.07, 6.45) is -3.67. The van der Waals surface area contributed by atoms with Crippen LogP contribution in [0.4, 0.5) is 13.2 Å². The van der Waals surface area contributed by atoms with E-state index < -0.39 is 17.3 Å². The minimum atomic E-state index is -4.47. The topological polar surface area (TPSA) is 31.2 Å². The molecule has 0 N–H and O–H groups in total. The van der Waals surface area contributed by atoms with Crippen LogP contribution in [0.5, 0.6) is 5.75 Å². The van der Waals surface area contributed by atoms with Gasteiger partial charge in [-0.2, -0.15) is 13.2 Å². The van der Waals surface area contributed by atoms with Gasteiger partial charge < -0.3 is 9.30 Å². The molecule has 2 aromatic rings. The van der Waals surface area contributed by atoms with Gasteiger partial charge >= 0.3 is 6.18 Å². The second-order valence-corrected chi connectivity index (χ2v) is 5.17. The number of hydrogen-bond donors (Lipinski definition) is 0. The molecule has 112 valence electrons. The number of rotatable bonds is 4. The molecule has 0 spiro atoms. The summed E-state index contributed by atoms with van der Waals surface area (Å²) in [6.45, 7) is 0.132. The number of aromatic nitrogens is 1. The summed E-state index contributed by atoms with van der Waals surface area (Å²) in [7, 11) is 0. The second kappa shape index (κ2) is 6.34. The summed E-state index contributed by atoms with van der Waals surface area (Å²) >= 11 is 3.28. The first-order valence-electron chi connectivity index (χ1n) is 6.02. The van der Waals surface area contributed by atoms with E-state index in [4.69, 9.17) is 4.74 Å². The minimum Gasteiger partial charge on any atom is -0.492 e. The third-order valence-corrected chi connectivity index (χ3v) is 3.20. The lowest BCUT2D eigenvalue weighted by Crippen LogP contribution is -2.24. The Morgan fingerprint density at radius 2 is 1.95 bits per heavy atom. The van der Waals surface area contributed by atoms with Crippen molar-refractivity contribution in [3.05, 3.63) is 63.0 Å². The fourth-order valence-corrected chi connectivity index (χ4v) is 2.07. The fraction of sp³-hybridized carbons (Fsp3) is 0.214. The minimum absolute atomic E-state index is 0.0370. The van der Waals surface area contributed by atoms with Crippen molar-refractivity contribution < 1.29 is 17.9 Å². The summed E-state index contributed by atoms with van der Waals surface area (Å²) in [6, 6.07) is 8.73. The zero-order valence-electron chi connectivity index (χ0n) is 10.7. The zero-order valence-corrected chi connectivity index (χ0v) is 12.3. The number of ether oxygens (including phenoxy) is 1. The van der Waals surface area contributed by atoms with Crippen LogP contribution in [0.3, 0.4) is 0 Å². The standard InChI is InChI=1S/C14H11BrF3NO2/c15-11-2-1-3-12(8-11)21-7-6-19-9-10(14(16,17)18)4-5-13(19)20/h1-5,8-9H,6-7H2. The molecule has 0 bridgehead atoms. The Morgan fingerprint density at radius 1 is 1.19 bits per heavy atom. The quantitative estimate of drug-likeness (QED) is 0.831. The van der Waals surface area contributed by atoms with Crippen molar-refractivity contribution in [3.63, 3.8) is 0 Å². The molecule has 21 heavy (non-hydrogen) atoms. The average Bonchev–Trinajstić information content (AvgIpc) is 2.39. The van der Waals surface area contributed by atoms with Crippen LogP contribution in [0.15, 0.2) is 51.9 Å². The normalized spacial score (nSPS) is 11.4. The third kappa shape index (κ3) is 4.35. The monoisotopic (exact) mass is 361 g/mol. The Labute approximate surface area is 127 Å². The lowest BCUT2D eigenvalue weighted by Gasteiger charge is -2.11. The van der Waals surface area contributed by atoms with E-state index in [1.807, 2.05) is 6.07 Å². The number of hydrogen-bond acceptors (Lipinski definition) is 2. The van der Waals surface area contributed by atoms with E-state index in [0.717, 1.165) is 27.4 Å². The van der Waals surface area contributed by atoms with Crippen molar-refractivity contribution in [2.45, 2.75) is 12.7 Å². The van der Waals surface area contributed by atoms with E-state index in [2.05, 4.69) is 15.9 Å². The fourth-order valence-electron chi connectivity index (χ4n) is 1.69. The molecule has 0 aliphatic rings. The molecule has 2 rings (SSSR count). The first kappa shape index (κ1) is 15.6. The summed E-state index contributed by atoms with van der Waals surface area (Å²) in [4.78, 5) is 11.5. The number of pyridine rings is 1.